The standard InChI is InChI=1S/C11H13NO2/c1-2-3-4-5-6-7-8-10(9-12)11(13)14/h4-8H,2-3H2,1H3,(H,13,14)/b5-4+,7-6+,10-8+. The summed E-state index contributed by atoms with van der Waals surface area (Å²) in [5, 5.41) is 16.9. The highest BCUT2D eigenvalue weighted by Crippen LogP contribution is 1.94. The van der Waals surface area contributed by atoms with Gasteiger partial charge in [-0.15, -0.1) is 0 Å². The molecule has 0 aromatic carbocycles. The molecule has 0 radical (unpaired) electrons. The molecule has 0 aromatic heterocycles. The van der Waals surface area contributed by atoms with Gasteiger partial charge in [-0.2, -0.15) is 5.26 Å². The number of nitrogens with zero attached hydrogens (tertiary/aromatic N) is 1. The molecule has 74 valence electrons. The van der Waals surface area contributed by atoms with Crippen LogP contribution >= 0.6 is 0 Å². The molecule has 0 saturated heterocycles. The number of carboxylic acids is 1. The third kappa shape index (κ3) is 5.78. The first-order chi connectivity index (χ1) is 6.72. The lowest BCUT2D eigenvalue weighted by Crippen LogP contribution is -1.96. The summed E-state index contributed by atoms with van der Waals surface area (Å²) in [6, 6.07) is 1.59. The van der Waals surface area contributed by atoms with Crippen LogP contribution in [0.25, 0.3) is 0 Å². The topological polar surface area (TPSA) is 61.1 Å². The zero-order valence-electron chi connectivity index (χ0n) is 8.10. The van der Waals surface area contributed by atoms with Gasteiger partial charge >= 0.3 is 5.97 Å². The Bertz CT molecular complexity index is 306. The van der Waals surface area contributed by atoms with Crippen molar-refractivity contribution in [1.29, 1.82) is 5.26 Å². The third-order valence-electron chi connectivity index (χ3n) is 1.43. The Morgan fingerprint density at radius 2 is 2.14 bits per heavy atom. The average Bonchev–Trinajstić information content (AvgIpc) is 2.16. The summed E-state index contributed by atoms with van der Waals surface area (Å²) < 4.78 is 0. The molecule has 3 heteroatoms. The Hall–Kier alpha value is -1.82. The summed E-state index contributed by atoms with van der Waals surface area (Å²) in [5.41, 5.74) is -0.259. The fraction of sp³-hybridized carbons (Fsp3) is 0.273. The lowest BCUT2D eigenvalue weighted by molar-refractivity contribution is -0.132. The summed E-state index contributed by atoms with van der Waals surface area (Å²) in [6.07, 6.45) is 10.4. The molecule has 0 spiro atoms. The SMILES string of the molecule is CCC/C=C/C=C/C=C(\C#N)C(=O)O. The molecule has 0 unspecified atom stereocenters. The first-order valence-corrected chi connectivity index (χ1v) is 4.39. The zero-order chi connectivity index (χ0) is 10.8. The van der Waals surface area contributed by atoms with Crippen molar-refractivity contribution in [2.24, 2.45) is 0 Å². The van der Waals surface area contributed by atoms with Gasteiger partial charge in [0.25, 0.3) is 0 Å². The minimum Gasteiger partial charge on any atom is -0.477 e. The van der Waals surface area contributed by atoms with Crippen molar-refractivity contribution in [3.8, 4) is 6.07 Å². The summed E-state index contributed by atoms with van der Waals surface area (Å²) >= 11 is 0. The van der Waals surface area contributed by atoms with Crippen molar-refractivity contribution in [3.05, 3.63) is 36.0 Å². The van der Waals surface area contributed by atoms with E-state index in [1.54, 1.807) is 18.2 Å². The Balaban J connectivity index is 4.14. The summed E-state index contributed by atoms with van der Waals surface area (Å²) in [5.74, 6) is -1.20. The van der Waals surface area contributed by atoms with Crippen LogP contribution in [-0.2, 0) is 4.79 Å². The minimum atomic E-state index is -1.20. The monoisotopic (exact) mass is 191 g/mol. The Morgan fingerprint density at radius 3 is 2.64 bits per heavy atom. The number of aliphatic carboxylic acids is 1. The maximum absolute atomic E-state index is 10.4. The van der Waals surface area contributed by atoms with Crippen molar-refractivity contribution >= 4 is 5.97 Å². The highest BCUT2D eigenvalue weighted by atomic mass is 16.4. The van der Waals surface area contributed by atoms with Gasteiger partial charge in [-0.05, 0) is 12.5 Å². The van der Waals surface area contributed by atoms with Crippen molar-refractivity contribution in [3.63, 3.8) is 0 Å². The van der Waals surface area contributed by atoms with Gasteiger partial charge in [-0.3, -0.25) is 0 Å². The molecular formula is C11H13NO2. The fourth-order valence-corrected chi connectivity index (χ4v) is 0.714. The first kappa shape index (κ1) is 12.2. The van der Waals surface area contributed by atoms with Crippen molar-refractivity contribution < 1.29 is 9.90 Å². The highest BCUT2D eigenvalue weighted by molar-refractivity contribution is 5.91. The van der Waals surface area contributed by atoms with Crippen LogP contribution in [0.2, 0.25) is 0 Å². The molecule has 0 aliphatic carbocycles. The number of hydrogen-bond donors (Lipinski definition) is 1. The number of hydrogen-bond acceptors (Lipinski definition) is 2. The van der Waals surface area contributed by atoms with E-state index in [2.05, 4.69) is 6.92 Å². The van der Waals surface area contributed by atoms with E-state index in [9.17, 15) is 4.79 Å². The van der Waals surface area contributed by atoms with E-state index in [4.69, 9.17) is 10.4 Å². The maximum atomic E-state index is 10.4. The Kier molecular flexibility index (Phi) is 6.79. The van der Waals surface area contributed by atoms with E-state index in [0.717, 1.165) is 12.8 Å². The lowest BCUT2D eigenvalue weighted by atomic mass is 10.2. The number of allylic oxidation sites excluding steroid dienone is 5. The molecule has 0 amide bonds. The number of rotatable bonds is 5. The molecule has 14 heavy (non-hydrogen) atoms. The minimum absolute atomic E-state index is 0.259. The Labute approximate surface area is 83.7 Å². The predicted molar refractivity (Wildman–Crippen MR) is 54.5 cm³/mol. The van der Waals surface area contributed by atoms with E-state index in [1.165, 1.54) is 6.08 Å². The van der Waals surface area contributed by atoms with Crippen LogP contribution in [0.4, 0.5) is 0 Å². The second-order valence-electron chi connectivity index (χ2n) is 2.60. The molecule has 3 nitrogen and oxygen atoms in total. The second-order valence-corrected chi connectivity index (χ2v) is 2.60. The van der Waals surface area contributed by atoms with Gasteiger partial charge < -0.3 is 5.11 Å². The van der Waals surface area contributed by atoms with Crippen LogP contribution in [0.1, 0.15) is 19.8 Å². The van der Waals surface area contributed by atoms with Crippen molar-refractivity contribution in [2.75, 3.05) is 0 Å². The highest BCUT2D eigenvalue weighted by Gasteiger charge is 2.01. The fourth-order valence-electron chi connectivity index (χ4n) is 0.714. The van der Waals surface area contributed by atoms with Crippen molar-refractivity contribution in [1.82, 2.24) is 0 Å². The largest absolute Gasteiger partial charge is 0.477 e. The van der Waals surface area contributed by atoms with E-state index in [0.29, 0.717) is 0 Å². The molecule has 0 aliphatic rings. The van der Waals surface area contributed by atoms with E-state index in [1.807, 2.05) is 12.2 Å². The molecule has 0 aliphatic heterocycles. The summed E-state index contributed by atoms with van der Waals surface area (Å²) in [6.45, 7) is 2.08. The lowest BCUT2D eigenvalue weighted by Gasteiger charge is -1.84. The van der Waals surface area contributed by atoms with Crippen LogP contribution < -0.4 is 0 Å². The number of unbranched alkanes of at least 4 members (excludes halogenated alkanes) is 1. The normalized spacial score (nSPS) is 12.1. The van der Waals surface area contributed by atoms with Gasteiger partial charge in [-0.25, -0.2) is 4.79 Å². The van der Waals surface area contributed by atoms with Crippen molar-refractivity contribution in [2.45, 2.75) is 19.8 Å². The molecule has 0 fully saturated rings. The van der Waals surface area contributed by atoms with Gasteiger partial charge in [-0.1, -0.05) is 37.6 Å². The van der Waals surface area contributed by atoms with Gasteiger partial charge in [0, 0.05) is 0 Å². The number of carboxylic acid groups (broad SMARTS) is 1. The van der Waals surface area contributed by atoms with E-state index < -0.39 is 5.97 Å². The molecule has 0 rings (SSSR count). The number of nitriles is 1. The van der Waals surface area contributed by atoms with E-state index in [-0.39, 0.29) is 5.57 Å². The zero-order valence-corrected chi connectivity index (χ0v) is 8.10. The Morgan fingerprint density at radius 1 is 1.43 bits per heavy atom. The second kappa shape index (κ2) is 7.81. The molecule has 0 saturated carbocycles. The third-order valence-corrected chi connectivity index (χ3v) is 1.43. The van der Waals surface area contributed by atoms with Gasteiger partial charge in [0.1, 0.15) is 11.6 Å². The maximum Gasteiger partial charge on any atom is 0.346 e. The summed E-state index contributed by atoms with van der Waals surface area (Å²) in [4.78, 5) is 10.4. The quantitative estimate of drug-likeness (QED) is 0.412. The number of carbonyl (C=O) groups is 1. The molecule has 1 N–H and O–H groups in total. The van der Waals surface area contributed by atoms with Gasteiger partial charge in [0.05, 0.1) is 0 Å². The van der Waals surface area contributed by atoms with E-state index >= 15 is 0 Å². The van der Waals surface area contributed by atoms with Crippen LogP contribution in [0.3, 0.4) is 0 Å². The van der Waals surface area contributed by atoms with Crippen LogP contribution in [0, 0.1) is 11.3 Å². The molecule has 0 aromatic rings. The molecule has 0 heterocycles. The first-order valence-electron chi connectivity index (χ1n) is 4.39. The van der Waals surface area contributed by atoms with Crippen LogP contribution in [-0.4, -0.2) is 11.1 Å². The smallest absolute Gasteiger partial charge is 0.346 e. The van der Waals surface area contributed by atoms with Crippen LogP contribution in [0.5, 0.6) is 0 Å². The predicted octanol–water partition coefficient (Wildman–Crippen LogP) is 2.43. The van der Waals surface area contributed by atoms with Gasteiger partial charge in [0.2, 0.25) is 0 Å². The van der Waals surface area contributed by atoms with Crippen LogP contribution in [0.15, 0.2) is 36.0 Å². The molecular weight excluding hydrogens is 178 g/mol. The molecule has 0 atom stereocenters. The molecule has 0 bridgehead atoms. The van der Waals surface area contributed by atoms with Gasteiger partial charge in [0.15, 0.2) is 0 Å². The average molecular weight is 191 g/mol. The summed E-state index contributed by atoms with van der Waals surface area (Å²) in [7, 11) is 0.